The zero-order valence-corrected chi connectivity index (χ0v) is 7.77. The fourth-order valence-electron chi connectivity index (χ4n) is 2.43. The van der Waals surface area contributed by atoms with Gasteiger partial charge in [-0.25, -0.2) is 0 Å². The van der Waals surface area contributed by atoms with Crippen molar-refractivity contribution < 1.29 is 14.6 Å². The topological polar surface area (TPSA) is 49.8 Å². The Morgan fingerprint density at radius 2 is 2.31 bits per heavy atom. The average molecular weight is 185 g/mol. The van der Waals surface area contributed by atoms with Gasteiger partial charge in [0, 0.05) is 12.0 Å². The van der Waals surface area contributed by atoms with Gasteiger partial charge >= 0.3 is 5.97 Å². The lowest BCUT2D eigenvalue weighted by Gasteiger charge is -2.37. The van der Waals surface area contributed by atoms with Gasteiger partial charge in [-0.2, -0.15) is 0 Å². The molecule has 2 aliphatic heterocycles. The predicted octanol–water partition coefficient (Wildman–Crippen LogP) is 0.0377. The van der Waals surface area contributed by atoms with E-state index in [1.807, 2.05) is 7.05 Å². The van der Waals surface area contributed by atoms with Crippen molar-refractivity contribution in [3.63, 3.8) is 0 Å². The third-order valence-corrected chi connectivity index (χ3v) is 3.29. The Kier molecular flexibility index (Phi) is 2.26. The number of hydrogen-bond acceptors (Lipinski definition) is 3. The van der Waals surface area contributed by atoms with Crippen LogP contribution in [0.15, 0.2) is 0 Å². The van der Waals surface area contributed by atoms with Crippen molar-refractivity contribution in [1.29, 1.82) is 0 Å². The lowest BCUT2D eigenvalue weighted by atomic mass is 9.82. The van der Waals surface area contributed by atoms with Gasteiger partial charge in [0.2, 0.25) is 0 Å². The van der Waals surface area contributed by atoms with Crippen LogP contribution in [-0.4, -0.2) is 48.8 Å². The Labute approximate surface area is 77.5 Å². The number of piperidine rings is 1. The van der Waals surface area contributed by atoms with E-state index in [0.717, 1.165) is 13.0 Å². The summed E-state index contributed by atoms with van der Waals surface area (Å²) in [7, 11) is 2.05. The minimum absolute atomic E-state index is 0.191. The van der Waals surface area contributed by atoms with E-state index >= 15 is 0 Å². The minimum atomic E-state index is -0.659. The molecule has 0 aromatic heterocycles. The molecule has 0 aromatic carbocycles. The molecule has 2 aliphatic rings. The molecule has 0 bridgehead atoms. The van der Waals surface area contributed by atoms with Crippen molar-refractivity contribution >= 4 is 5.97 Å². The molecule has 0 saturated carbocycles. The molecule has 2 heterocycles. The first-order valence-electron chi connectivity index (χ1n) is 4.71. The highest BCUT2D eigenvalue weighted by atomic mass is 16.5. The van der Waals surface area contributed by atoms with Gasteiger partial charge in [0.15, 0.2) is 0 Å². The summed E-state index contributed by atoms with van der Waals surface area (Å²) in [6.45, 7) is 2.19. The van der Waals surface area contributed by atoms with Crippen molar-refractivity contribution in [2.75, 3.05) is 26.8 Å². The number of likely N-dealkylation sites (N-methyl/N-ethyl adjacent to an activating group) is 1. The maximum Gasteiger partial charge on any atom is 0.306 e. The average Bonchev–Trinajstić information content (AvgIpc) is 2.53. The molecule has 4 nitrogen and oxygen atoms in total. The van der Waals surface area contributed by atoms with Crippen LogP contribution in [0.4, 0.5) is 0 Å². The van der Waals surface area contributed by atoms with Crippen molar-refractivity contribution in [1.82, 2.24) is 4.90 Å². The Morgan fingerprint density at radius 1 is 1.54 bits per heavy atom. The Morgan fingerprint density at radius 3 is 3.00 bits per heavy atom. The van der Waals surface area contributed by atoms with Gasteiger partial charge in [0.1, 0.15) is 0 Å². The second-order valence-electron chi connectivity index (χ2n) is 3.98. The van der Waals surface area contributed by atoms with E-state index in [9.17, 15) is 4.79 Å². The van der Waals surface area contributed by atoms with Gasteiger partial charge in [0.25, 0.3) is 0 Å². The van der Waals surface area contributed by atoms with Crippen LogP contribution >= 0.6 is 0 Å². The molecule has 74 valence electrons. The summed E-state index contributed by atoms with van der Waals surface area (Å²) in [4.78, 5) is 13.1. The number of fused-ring (bicyclic) bond motifs is 1. The first kappa shape index (κ1) is 8.97. The molecule has 0 amide bonds. The molecule has 13 heavy (non-hydrogen) atoms. The molecule has 4 heteroatoms. The zero-order chi connectivity index (χ0) is 9.42. The predicted molar refractivity (Wildman–Crippen MR) is 46.5 cm³/mol. The van der Waals surface area contributed by atoms with Crippen LogP contribution in [0, 0.1) is 11.8 Å². The molecular formula is C9H15NO3. The molecule has 2 saturated heterocycles. The highest BCUT2D eigenvalue weighted by molar-refractivity contribution is 5.70. The van der Waals surface area contributed by atoms with Gasteiger partial charge in [-0.3, -0.25) is 4.79 Å². The van der Waals surface area contributed by atoms with Gasteiger partial charge in [-0.15, -0.1) is 0 Å². The summed E-state index contributed by atoms with van der Waals surface area (Å²) < 4.78 is 5.34. The third kappa shape index (κ3) is 1.44. The molecule has 0 spiro atoms. The van der Waals surface area contributed by atoms with E-state index in [1.165, 1.54) is 0 Å². The lowest BCUT2D eigenvalue weighted by molar-refractivity contribution is -0.146. The first-order chi connectivity index (χ1) is 6.20. The van der Waals surface area contributed by atoms with Crippen LogP contribution in [0.25, 0.3) is 0 Å². The van der Waals surface area contributed by atoms with Crippen molar-refractivity contribution in [2.45, 2.75) is 12.5 Å². The molecule has 2 fully saturated rings. The number of carboxylic acids is 1. The number of nitrogens with zero attached hydrogens (tertiary/aromatic N) is 1. The fourth-order valence-corrected chi connectivity index (χ4v) is 2.43. The van der Waals surface area contributed by atoms with Gasteiger partial charge in [-0.05, 0) is 20.0 Å². The normalized spacial score (nSPS) is 40.2. The summed E-state index contributed by atoms with van der Waals surface area (Å²) in [5.74, 6) is -0.645. The van der Waals surface area contributed by atoms with E-state index in [2.05, 4.69) is 4.90 Å². The summed E-state index contributed by atoms with van der Waals surface area (Å²) in [5.41, 5.74) is 0. The molecule has 0 aromatic rings. The van der Waals surface area contributed by atoms with Crippen molar-refractivity contribution in [3.05, 3.63) is 0 Å². The standard InChI is InChI=1S/C9H15NO3/c1-10-3-2-6(9(11)12)7-4-13-5-8(7)10/h6-8H,2-5H2,1H3,(H,11,12). The van der Waals surface area contributed by atoms with Crippen molar-refractivity contribution in [3.8, 4) is 0 Å². The van der Waals surface area contributed by atoms with Crippen LogP contribution in [0.3, 0.4) is 0 Å². The highest BCUT2D eigenvalue weighted by Crippen LogP contribution is 2.32. The smallest absolute Gasteiger partial charge is 0.306 e. The largest absolute Gasteiger partial charge is 0.481 e. The Bertz CT molecular complexity index is 219. The van der Waals surface area contributed by atoms with E-state index in [1.54, 1.807) is 0 Å². The number of aliphatic carboxylic acids is 1. The zero-order valence-electron chi connectivity index (χ0n) is 7.77. The second kappa shape index (κ2) is 3.27. The van der Waals surface area contributed by atoms with Crippen LogP contribution in [0.1, 0.15) is 6.42 Å². The van der Waals surface area contributed by atoms with Gasteiger partial charge < -0.3 is 14.7 Å². The molecule has 1 N–H and O–H groups in total. The molecule has 2 rings (SSSR count). The number of likely N-dealkylation sites (tertiary alicyclic amines) is 1. The van der Waals surface area contributed by atoms with E-state index in [0.29, 0.717) is 19.3 Å². The monoisotopic (exact) mass is 185 g/mol. The van der Waals surface area contributed by atoms with Gasteiger partial charge in [-0.1, -0.05) is 0 Å². The summed E-state index contributed by atoms with van der Waals surface area (Å²) in [6.07, 6.45) is 0.760. The van der Waals surface area contributed by atoms with E-state index in [4.69, 9.17) is 9.84 Å². The molecule has 0 aliphatic carbocycles. The maximum absolute atomic E-state index is 10.9. The summed E-state index contributed by atoms with van der Waals surface area (Å²) in [5, 5.41) is 9.00. The number of ether oxygens (including phenoxy) is 1. The van der Waals surface area contributed by atoms with E-state index < -0.39 is 5.97 Å². The number of hydrogen-bond donors (Lipinski definition) is 1. The van der Waals surface area contributed by atoms with Crippen LogP contribution < -0.4 is 0 Å². The maximum atomic E-state index is 10.9. The Hall–Kier alpha value is -0.610. The SMILES string of the molecule is CN1CCC(C(=O)O)C2COCC21. The third-order valence-electron chi connectivity index (χ3n) is 3.29. The summed E-state index contributed by atoms with van der Waals surface area (Å²) >= 11 is 0. The van der Waals surface area contributed by atoms with Gasteiger partial charge in [0.05, 0.1) is 19.1 Å². The van der Waals surface area contributed by atoms with Crippen molar-refractivity contribution in [2.24, 2.45) is 11.8 Å². The minimum Gasteiger partial charge on any atom is -0.481 e. The fraction of sp³-hybridized carbons (Fsp3) is 0.889. The molecule has 3 unspecified atom stereocenters. The number of carbonyl (C=O) groups is 1. The first-order valence-corrected chi connectivity index (χ1v) is 4.71. The van der Waals surface area contributed by atoms with Crippen LogP contribution in [-0.2, 0) is 9.53 Å². The highest BCUT2D eigenvalue weighted by Gasteiger charge is 2.43. The molecule has 0 radical (unpaired) electrons. The van der Waals surface area contributed by atoms with Crippen LogP contribution in [0.5, 0.6) is 0 Å². The summed E-state index contributed by atoms with van der Waals surface area (Å²) in [6, 6.07) is 0.329. The molecule has 3 atom stereocenters. The Balaban J connectivity index is 2.12. The number of carboxylic acid groups (broad SMARTS) is 1. The number of rotatable bonds is 1. The van der Waals surface area contributed by atoms with E-state index in [-0.39, 0.29) is 11.8 Å². The molecular weight excluding hydrogens is 170 g/mol. The second-order valence-corrected chi connectivity index (χ2v) is 3.98. The lowest BCUT2D eigenvalue weighted by Crippen LogP contribution is -2.48. The quantitative estimate of drug-likeness (QED) is 0.626. The van der Waals surface area contributed by atoms with Crippen LogP contribution in [0.2, 0.25) is 0 Å².